The lowest BCUT2D eigenvalue weighted by atomic mass is 9.88. The Kier molecular flexibility index (Phi) is 4.52. The third-order valence-electron chi connectivity index (χ3n) is 5.24. The second kappa shape index (κ2) is 6.81. The predicted octanol–water partition coefficient (Wildman–Crippen LogP) is 2.87. The molecule has 0 saturated carbocycles. The molecule has 0 aromatic heterocycles. The summed E-state index contributed by atoms with van der Waals surface area (Å²) in [5.41, 5.74) is 4.86. The van der Waals surface area contributed by atoms with Gasteiger partial charge in [0.2, 0.25) is 10.0 Å². The fraction of sp³-hybridized carbons (Fsp3) is 0.400. The van der Waals surface area contributed by atoms with Gasteiger partial charge in [-0.1, -0.05) is 36.4 Å². The molecule has 1 fully saturated rings. The first-order valence-corrected chi connectivity index (χ1v) is 10.6. The monoisotopic (exact) mass is 356 g/mol. The Morgan fingerprint density at radius 1 is 1.08 bits per heavy atom. The highest BCUT2D eigenvalue weighted by Crippen LogP contribution is 2.25. The molecule has 0 bridgehead atoms. The molecule has 2 aliphatic rings. The number of aryl methyl sites for hydroxylation is 1. The molecule has 25 heavy (non-hydrogen) atoms. The Morgan fingerprint density at radius 3 is 2.72 bits per heavy atom. The van der Waals surface area contributed by atoms with E-state index in [2.05, 4.69) is 35.6 Å². The number of sulfonamides is 1. The van der Waals surface area contributed by atoms with E-state index in [1.165, 1.54) is 11.1 Å². The first-order valence-electron chi connectivity index (χ1n) is 9.01. The van der Waals surface area contributed by atoms with Crippen LogP contribution in [0.2, 0.25) is 0 Å². The van der Waals surface area contributed by atoms with Gasteiger partial charge < -0.3 is 5.32 Å². The average Bonchev–Trinajstić information content (AvgIpc) is 2.99. The van der Waals surface area contributed by atoms with Crippen LogP contribution in [0.15, 0.2) is 48.5 Å². The second-order valence-corrected chi connectivity index (χ2v) is 9.01. The number of benzene rings is 2. The number of rotatable bonds is 4. The third kappa shape index (κ3) is 3.58. The number of anilines is 1. The molecule has 1 aliphatic heterocycles. The van der Waals surface area contributed by atoms with Crippen molar-refractivity contribution in [3.05, 3.63) is 65.2 Å². The molecule has 1 heterocycles. The maximum absolute atomic E-state index is 12.1. The normalized spacial score (nSPS) is 21.9. The van der Waals surface area contributed by atoms with Gasteiger partial charge in [0.25, 0.3) is 0 Å². The van der Waals surface area contributed by atoms with E-state index < -0.39 is 10.0 Å². The van der Waals surface area contributed by atoms with Crippen LogP contribution >= 0.6 is 0 Å². The molecule has 2 aromatic rings. The van der Waals surface area contributed by atoms with Crippen LogP contribution in [0.3, 0.4) is 0 Å². The smallest absolute Gasteiger partial charge is 0.235 e. The van der Waals surface area contributed by atoms with E-state index >= 15 is 0 Å². The van der Waals surface area contributed by atoms with E-state index in [0.29, 0.717) is 19.0 Å². The summed E-state index contributed by atoms with van der Waals surface area (Å²) in [6.07, 6.45) is 4.06. The van der Waals surface area contributed by atoms with Gasteiger partial charge in [-0.25, -0.2) is 8.42 Å². The summed E-state index contributed by atoms with van der Waals surface area (Å²) in [6, 6.07) is 17.1. The molecule has 1 saturated heterocycles. The van der Waals surface area contributed by atoms with Crippen LogP contribution in [0.5, 0.6) is 0 Å². The molecule has 5 heteroatoms. The summed E-state index contributed by atoms with van der Waals surface area (Å²) < 4.78 is 25.8. The minimum Gasteiger partial charge on any atom is -0.310 e. The minimum absolute atomic E-state index is 0.261. The fourth-order valence-corrected chi connectivity index (χ4v) is 5.44. The van der Waals surface area contributed by atoms with Crippen LogP contribution in [-0.4, -0.2) is 26.8 Å². The number of fused-ring (bicyclic) bond motifs is 1. The van der Waals surface area contributed by atoms with Crippen molar-refractivity contribution in [2.75, 3.05) is 16.6 Å². The van der Waals surface area contributed by atoms with Crippen molar-refractivity contribution in [2.45, 2.75) is 38.3 Å². The van der Waals surface area contributed by atoms with Crippen LogP contribution in [0.1, 0.15) is 29.5 Å². The topological polar surface area (TPSA) is 49.4 Å². The molecule has 4 rings (SSSR count). The fourth-order valence-electron chi connectivity index (χ4n) is 3.89. The lowest BCUT2D eigenvalue weighted by Gasteiger charge is -2.26. The van der Waals surface area contributed by atoms with Crippen molar-refractivity contribution in [1.82, 2.24) is 5.32 Å². The van der Waals surface area contributed by atoms with Crippen LogP contribution in [0.4, 0.5) is 5.69 Å². The van der Waals surface area contributed by atoms with Crippen LogP contribution in [0.25, 0.3) is 0 Å². The second-order valence-electron chi connectivity index (χ2n) is 7.00. The summed E-state index contributed by atoms with van der Waals surface area (Å²) in [5.74, 6) is 0.261. The lowest BCUT2D eigenvalue weighted by molar-refractivity contribution is 0.457. The highest BCUT2D eigenvalue weighted by atomic mass is 32.2. The number of nitrogens with zero attached hydrogens (tertiary/aromatic N) is 1. The molecule has 132 valence electrons. The highest BCUT2D eigenvalue weighted by Gasteiger charge is 2.28. The first-order chi connectivity index (χ1) is 12.1. The van der Waals surface area contributed by atoms with Crippen molar-refractivity contribution in [3.63, 3.8) is 0 Å². The Bertz CT molecular complexity index is 864. The molecule has 1 unspecified atom stereocenters. The molecule has 0 amide bonds. The Labute approximate surface area is 149 Å². The van der Waals surface area contributed by atoms with Crippen LogP contribution < -0.4 is 9.62 Å². The van der Waals surface area contributed by atoms with E-state index in [-0.39, 0.29) is 5.75 Å². The molecule has 2 aromatic carbocycles. The average molecular weight is 356 g/mol. The highest BCUT2D eigenvalue weighted by molar-refractivity contribution is 7.93. The van der Waals surface area contributed by atoms with Gasteiger partial charge in [0.1, 0.15) is 0 Å². The standard InChI is InChI=1S/C20H24N2O2S/c23-25(24)12-4-11-22(25)20-8-3-5-16(13-20)15-21-19-10-9-17-6-1-2-7-18(17)14-19/h1-3,5-8,13,19,21H,4,9-12,14-15H2. The molecule has 4 nitrogen and oxygen atoms in total. The lowest BCUT2D eigenvalue weighted by Crippen LogP contribution is -2.34. The molecule has 1 aliphatic carbocycles. The summed E-state index contributed by atoms with van der Waals surface area (Å²) in [4.78, 5) is 0. The largest absolute Gasteiger partial charge is 0.310 e. The van der Waals surface area contributed by atoms with Gasteiger partial charge in [-0.05, 0) is 54.5 Å². The van der Waals surface area contributed by atoms with E-state index in [0.717, 1.165) is 37.1 Å². The zero-order valence-electron chi connectivity index (χ0n) is 14.3. The van der Waals surface area contributed by atoms with Crippen molar-refractivity contribution in [2.24, 2.45) is 0 Å². The van der Waals surface area contributed by atoms with Crippen molar-refractivity contribution < 1.29 is 8.42 Å². The molecular weight excluding hydrogens is 332 g/mol. The van der Waals surface area contributed by atoms with E-state index in [1.807, 2.05) is 18.2 Å². The predicted molar refractivity (Wildman–Crippen MR) is 101 cm³/mol. The maximum Gasteiger partial charge on any atom is 0.235 e. The molecule has 0 radical (unpaired) electrons. The minimum atomic E-state index is -3.11. The van der Waals surface area contributed by atoms with Crippen molar-refractivity contribution >= 4 is 15.7 Å². The van der Waals surface area contributed by atoms with Crippen LogP contribution in [0, 0.1) is 0 Å². The molecule has 1 N–H and O–H groups in total. The number of nitrogens with one attached hydrogen (secondary N) is 1. The Morgan fingerprint density at radius 2 is 1.92 bits per heavy atom. The molecule has 0 spiro atoms. The van der Waals surface area contributed by atoms with E-state index in [4.69, 9.17) is 0 Å². The summed E-state index contributed by atoms with van der Waals surface area (Å²) in [6.45, 7) is 1.37. The maximum atomic E-state index is 12.1. The Balaban J connectivity index is 1.42. The summed E-state index contributed by atoms with van der Waals surface area (Å²) in [7, 11) is -3.11. The van der Waals surface area contributed by atoms with Crippen LogP contribution in [-0.2, 0) is 29.4 Å². The van der Waals surface area contributed by atoms with Gasteiger partial charge in [-0.15, -0.1) is 0 Å². The van der Waals surface area contributed by atoms with Gasteiger partial charge in [-0.3, -0.25) is 4.31 Å². The van der Waals surface area contributed by atoms with Gasteiger partial charge in [0.05, 0.1) is 11.4 Å². The Hall–Kier alpha value is -1.85. The van der Waals surface area contributed by atoms with E-state index in [9.17, 15) is 8.42 Å². The SMILES string of the molecule is O=S1(=O)CCCN1c1cccc(CNC2CCc3ccccc3C2)c1. The van der Waals surface area contributed by atoms with E-state index in [1.54, 1.807) is 4.31 Å². The molecule has 1 atom stereocenters. The van der Waals surface area contributed by atoms with Crippen molar-refractivity contribution in [3.8, 4) is 0 Å². The summed E-state index contributed by atoms with van der Waals surface area (Å²) in [5, 5.41) is 3.65. The van der Waals surface area contributed by atoms with Gasteiger partial charge in [0.15, 0.2) is 0 Å². The quantitative estimate of drug-likeness (QED) is 0.916. The zero-order valence-corrected chi connectivity index (χ0v) is 15.1. The van der Waals surface area contributed by atoms with Gasteiger partial charge >= 0.3 is 0 Å². The van der Waals surface area contributed by atoms with Gasteiger partial charge in [0, 0.05) is 19.1 Å². The van der Waals surface area contributed by atoms with Crippen molar-refractivity contribution in [1.29, 1.82) is 0 Å². The first kappa shape index (κ1) is 16.6. The number of hydrogen-bond donors (Lipinski definition) is 1. The van der Waals surface area contributed by atoms with Gasteiger partial charge in [-0.2, -0.15) is 0 Å². The molecular formula is C20H24N2O2S. The third-order valence-corrected chi connectivity index (χ3v) is 7.11. The zero-order chi connectivity index (χ0) is 17.3. The number of hydrogen-bond acceptors (Lipinski definition) is 3. The summed E-state index contributed by atoms with van der Waals surface area (Å²) >= 11 is 0.